The van der Waals surface area contributed by atoms with E-state index in [2.05, 4.69) is 11.9 Å². The highest BCUT2D eigenvalue weighted by Crippen LogP contribution is 2.14. The molecular weight excluding hydrogens is 256 g/mol. The molecule has 1 unspecified atom stereocenters. The summed E-state index contributed by atoms with van der Waals surface area (Å²) < 4.78 is 10.5. The minimum atomic E-state index is -0.109. The normalized spacial score (nSPS) is 22.9. The summed E-state index contributed by atoms with van der Waals surface area (Å²) in [6, 6.07) is 0. The predicted molar refractivity (Wildman–Crippen MR) is 80.0 cm³/mol. The standard InChI is InChI=1S/C10H18N2O2.C5H12O/c1-11-7-4-9(8-11)14-10(13)12-5-2-3-6-12;1-4-6-5(2)3/h9H,2-8H2,1H3;5H,4H2,1-3H3. The zero-order chi connectivity index (χ0) is 15.0. The molecule has 0 aromatic rings. The van der Waals surface area contributed by atoms with E-state index in [1.54, 1.807) is 0 Å². The molecule has 0 saturated carbocycles. The van der Waals surface area contributed by atoms with E-state index in [0.717, 1.165) is 52.0 Å². The van der Waals surface area contributed by atoms with E-state index in [1.165, 1.54) is 0 Å². The van der Waals surface area contributed by atoms with Crippen LogP contribution in [0.25, 0.3) is 0 Å². The maximum atomic E-state index is 11.6. The third-order valence-electron chi connectivity index (χ3n) is 3.48. The van der Waals surface area contributed by atoms with Gasteiger partial charge in [-0.3, -0.25) is 0 Å². The summed E-state index contributed by atoms with van der Waals surface area (Å²) in [5, 5.41) is 0. The quantitative estimate of drug-likeness (QED) is 0.798. The number of likely N-dealkylation sites (tertiary alicyclic amines) is 2. The largest absolute Gasteiger partial charge is 0.445 e. The first-order valence-electron chi connectivity index (χ1n) is 7.78. The van der Waals surface area contributed by atoms with Gasteiger partial charge in [-0.25, -0.2) is 4.79 Å². The molecule has 2 saturated heterocycles. The number of carbonyl (C=O) groups excluding carboxylic acids is 1. The molecule has 2 heterocycles. The van der Waals surface area contributed by atoms with Crippen molar-refractivity contribution in [3.8, 4) is 0 Å². The van der Waals surface area contributed by atoms with Crippen LogP contribution in [-0.4, -0.2) is 67.9 Å². The Kier molecular flexibility index (Phi) is 7.92. The van der Waals surface area contributed by atoms with E-state index in [1.807, 2.05) is 25.7 Å². The lowest BCUT2D eigenvalue weighted by atomic mass is 10.3. The molecule has 2 rings (SSSR count). The fraction of sp³-hybridized carbons (Fsp3) is 0.933. The Balaban J connectivity index is 0.000000286. The van der Waals surface area contributed by atoms with E-state index in [0.29, 0.717) is 6.10 Å². The number of hydrogen-bond donors (Lipinski definition) is 0. The van der Waals surface area contributed by atoms with Crippen molar-refractivity contribution in [1.82, 2.24) is 9.80 Å². The molecule has 0 N–H and O–H groups in total. The fourth-order valence-corrected chi connectivity index (χ4v) is 2.44. The van der Waals surface area contributed by atoms with E-state index in [-0.39, 0.29) is 12.2 Å². The van der Waals surface area contributed by atoms with Gasteiger partial charge < -0.3 is 19.3 Å². The second kappa shape index (κ2) is 9.19. The van der Waals surface area contributed by atoms with E-state index >= 15 is 0 Å². The molecule has 5 nitrogen and oxygen atoms in total. The number of carbonyl (C=O) groups is 1. The zero-order valence-electron chi connectivity index (χ0n) is 13.4. The lowest BCUT2D eigenvalue weighted by molar-refractivity contribution is 0.0730. The summed E-state index contributed by atoms with van der Waals surface area (Å²) in [5.41, 5.74) is 0. The molecule has 1 amide bonds. The highest BCUT2D eigenvalue weighted by atomic mass is 16.6. The number of hydrogen-bond acceptors (Lipinski definition) is 4. The van der Waals surface area contributed by atoms with Gasteiger partial charge in [-0.05, 0) is 47.1 Å². The van der Waals surface area contributed by atoms with Crippen LogP contribution in [0.2, 0.25) is 0 Å². The molecule has 0 bridgehead atoms. The summed E-state index contributed by atoms with van der Waals surface area (Å²) in [6.45, 7) is 10.6. The number of ether oxygens (including phenoxy) is 2. The number of nitrogens with zero attached hydrogens (tertiary/aromatic N) is 2. The van der Waals surface area contributed by atoms with Crippen molar-refractivity contribution in [3.05, 3.63) is 0 Å². The van der Waals surface area contributed by atoms with Gasteiger partial charge >= 0.3 is 6.09 Å². The first-order chi connectivity index (χ1) is 9.52. The lowest BCUT2D eigenvalue weighted by Crippen LogP contribution is -2.32. The Morgan fingerprint density at radius 3 is 2.30 bits per heavy atom. The Labute approximate surface area is 123 Å². The van der Waals surface area contributed by atoms with E-state index < -0.39 is 0 Å². The third-order valence-corrected chi connectivity index (χ3v) is 3.48. The Hall–Kier alpha value is -0.810. The van der Waals surface area contributed by atoms with Crippen LogP contribution in [0.3, 0.4) is 0 Å². The highest BCUT2D eigenvalue weighted by molar-refractivity contribution is 5.68. The number of amides is 1. The Morgan fingerprint density at radius 1 is 1.25 bits per heavy atom. The molecule has 2 fully saturated rings. The van der Waals surface area contributed by atoms with Gasteiger partial charge in [-0.15, -0.1) is 0 Å². The van der Waals surface area contributed by atoms with Gasteiger partial charge in [-0.2, -0.15) is 0 Å². The second-order valence-electron chi connectivity index (χ2n) is 5.75. The molecule has 2 aliphatic heterocycles. The first-order valence-corrected chi connectivity index (χ1v) is 7.78. The third kappa shape index (κ3) is 6.57. The van der Waals surface area contributed by atoms with Crippen molar-refractivity contribution in [1.29, 1.82) is 0 Å². The summed E-state index contributed by atoms with van der Waals surface area (Å²) in [7, 11) is 2.06. The fourth-order valence-electron chi connectivity index (χ4n) is 2.44. The SMILES string of the molecule is CCOC(C)C.CN1CCC(OC(=O)N2CCCC2)C1. The molecular formula is C15H30N2O3. The van der Waals surface area contributed by atoms with Crippen LogP contribution in [0.1, 0.15) is 40.0 Å². The van der Waals surface area contributed by atoms with Gasteiger partial charge in [0, 0.05) is 32.8 Å². The maximum Gasteiger partial charge on any atom is 0.410 e. The molecule has 0 spiro atoms. The molecule has 20 heavy (non-hydrogen) atoms. The Bertz CT molecular complexity index is 278. The summed E-state index contributed by atoms with van der Waals surface area (Å²) in [6.07, 6.45) is 3.64. The summed E-state index contributed by atoms with van der Waals surface area (Å²) in [5.74, 6) is 0. The van der Waals surface area contributed by atoms with Crippen molar-refractivity contribution in [2.75, 3.05) is 39.8 Å². The van der Waals surface area contributed by atoms with Crippen molar-refractivity contribution < 1.29 is 14.3 Å². The predicted octanol–water partition coefficient (Wildman–Crippen LogP) is 2.35. The van der Waals surface area contributed by atoms with E-state index in [4.69, 9.17) is 9.47 Å². The summed E-state index contributed by atoms with van der Waals surface area (Å²) in [4.78, 5) is 15.6. The van der Waals surface area contributed by atoms with Crippen molar-refractivity contribution in [3.63, 3.8) is 0 Å². The molecule has 5 heteroatoms. The average Bonchev–Trinajstić information content (AvgIpc) is 3.01. The van der Waals surface area contributed by atoms with Crippen molar-refractivity contribution in [2.45, 2.75) is 52.2 Å². The number of rotatable bonds is 3. The van der Waals surface area contributed by atoms with Crippen LogP contribution in [0.4, 0.5) is 4.79 Å². The lowest BCUT2D eigenvalue weighted by Gasteiger charge is -2.18. The van der Waals surface area contributed by atoms with Gasteiger partial charge in [0.15, 0.2) is 0 Å². The van der Waals surface area contributed by atoms with Gasteiger partial charge in [-0.1, -0.05) is 0 Å². The monoisotopic (exact) mass is 286 g/mol. The van der Waals surface area contributed by atoms with Gasteiger partial charge in [0.1, 0.15) is 6.10 Å². The van der Waals surface area contributed by atoms with Crippen molar-refractivity contribution in [2.24, 2.45) is 0 Å². The highest BCUT2D eigenvalue weighted by Gasteiger charge is 2.26. The zero-order valence-corrected chi connectivity index (χ0v) is 13.4. The van der Waals surface area contributed by atoms with Crippen LogP contribution in [0, 0.1) is 0 Å². The molecule has 1 atom stereocenters. The maximum absolute atomic E-state index is 11.6. The average molecular weight is 286 g/mol. The molecule has 0 aromatic heterocycles. The van der Waals surface area contributed by atoms with E-state index in [9.17, 15) is 4.79 Å². The topological polar surface area (TPSA) is 42.0 Å². The molecule has 118 valence electrons. The minimum Gasteiger partial charge on any atom is -0.445 e. The van der Waals surface area contributed by atoms with Crippen LogP contribution in [0.5, 0.6) is 0 Å². The minimum absolute atomic E-state index is 0.109. The van der Waals surface area contributed by atoms with Crippen molar-refractivity contribution >= 4 is 6.09 Å². The van der Waals surface area contributed by atoms with Gasteiger partial charge in [0.05, 0.1) is 6.10 Å². The molecule has 0 radical (unpaired) electrons. The smallest absolute Gasteiger partial charge is 0.410 e. The van der Waals surface area contributed by atoms with Gasteiger partial charge in [0.2, 0.25) is 0 Å². The second-order valence-corrected chi connectivity index (χ2v) is 5.75. The molecule has 0 aromatic carbocycles. The first kappa shape index (κ1) is 17.2. The molecule has 2 aliphatic rings. The van der Waals surface area contributed by atoms with Crippen LogP contribution in [0.15, 0.2) is 0 Å². The number of likely N-dealkylation sites (N-methyl/N-ethyl adjacent to an activating group) is 1. The molecule has 0 aliphatic carbocycles. The van der Waals surface area contributed by atoms with Crippen LogP contribution in [-0.2, 0) is 9.47 Å². The summed E-state index contributed by atoms with van der Waals surface area (Å²) >= 11 is 0. The van der Waals surface area contributed by atoms with Crippen LogP contribution < -0.4 is 0 Å². The van der Waals surface area contributed by atoms with Crippen LogP contribution >= 0.6 is 0 Å². The Morgan fingerprint density at radius 2 is 1.90 bits per heavy atom. The van der Waals surface area contributed by atoms with Gasteiger partial charge in [0.25, 0.3) is 0 Å².